The molecule has 4 heteroatoms. The number of benzene rings is 2. The number of hydrogen-bond donors (Lipinski definition) is 0. The average molecular weight is 360 g/mol. The van der Waals surface area contributed by atoms with E-state index in [0.717, 1.165) is 16.8 Å². The lowest BCUT2D eigenvalue weighted by atomic mass is 9.73. The third kappa shape index (κ3) is 3.05. The van der Waals surface area contributed by atoms with E-state index >= 15 is 0 Å². The second-order valence-electron chi connectivity index (χ2n) is 7.40. The van der Waals surface area contributed by atoms with Crippen molar-refractivity contribution in [3.05, 3.63) is 77.9 Å². The van der Waals surface area contributed by atoms with Gasteiger partial charge in [0.05, 0.1) is 5.41 Å². The van der Waals surface area contributed by atoms with Crippen LogP contribution in [0.5, 0.6) is 0 Å². The van der Waals surface area contributed by atoms with Gasteiger partial charge in [-0.3, -0.25) is 9.59 Å². The highest BCUT2D eigenvalue weighted by Gasteiger charge is 2.49. The van der Waals surface area contributed by atoms with Crippen LogP contribution in [0.4, 0.5) is 5.69 Å². The van der Waals surface area contributed by atoms with E-state index in [0.29, 0.717) is 32.4 Å². The third-order valence-electron chi connectivity index (χ3n) is 5.78. The predicted octanol–water partition coefficient (Wildman–Crippen LogP) is 3.32. The second kappa shape index (κ2) is 7.03. The lowest BCUT2D eigenvalue weighted by Gasteiger charge is -2.29. The fourth-order valence-electron chi connectivity index (χ4n) is 4.32. The molecule has 2 aliphatic rings. The summed E-state index contributed by atoms with van der Waals surface area (Å²) in [6.45, 7) is 1.35. The number of fused-ring (bicyclic) bond motifs is 1. The SMILES string of the molecule is CN1C(=O)C(CCC(=O)N2CC=CC2)(Cc2ccccc2)c2ccccc21. The van der Waals surface area contributed by atoms with Gasteiger partial charge in [0.2, 0.25) is 11.8 Å². The number of para-hydroxylation sites is 1. The van der Waals surface area contributed by atoms with Gasteiger partial charge < -0.3 is 9.80 Å². The van der Waals surface area contributed by atoms with E-state index in [1.165, 1.54) is 0 Å². The molecule has 1 unspecified atom stereocenters. The Kier molecular flexibility index (Phi) is 4.56. The molecule has 2 heterocycles. The van der Waals surface area contributed by atoms with Gasteiger partial charge in [0.1, 0.15) is 0 Å². The van der Waals surface area contributed by atoms with Crippen molar-refractivity contribution in [2.24, 2.45) is 0 Å². The maximum absolute atomic E-state index is 13.4. The van der Waals surface area contributed by atoms with Crippen molar-refractivity contribution in [1.29, 1.82) is 0 Å². The summed E-state index contributed by atoms with van der Waals surface area (Å²) in [5, 5.41) is 0. The Bertz CT molecular complexity index is 882. The Labute approximate surface area is 160 Å². The van der Waals surface area contributed by atoms with Crippen LogP contribution in [0.15, 0.2) is 66.7 Å². The number of hydrogen-bond acceptors (Lipinski definition) is 2. The molecule has 1 atom stereocenters. The van der Waals surface area contributed by atoms with E-state index in [-0.39, 0.29) is 11.8 Å². The molecule has 27 heavy (non-hydrogen) atoms. The van der Waals surface area contributed by atoms with Gasteiger partial charge in [-0.1, -0.05) is 60.7 Å². The molecular formula is C23H24N2O2. The molecule has 2 aliphatic heterocycles. The van der Waals surface area contributed by atoms with Crippen molar-refractivity contribution in [3.8, 4) is 0 Å². The van der Waals surface area contributed by atoms with E-state index in [1.807, 2.05) is 66.6 Å². The maximum atomic E-state index is 13.4. The molecule has 2 aromatic rings. The smallest absolute Gasteiger partial charge is 0.237 e. The second-order valence-corrected chi connectivity index (χ2v) is 7.40. The molecule has 0 N–H and O–H groups in total. The van der Waals surface area contributed by atoms with Gasteiger partial charge in [0, 0.05) is 32.2 Å². The van der Waals surface area contributed by atoms with E-state index < -0.39 is 5.41 Å². The summed E-state index contributed by atoms with van der Waals surface area (Å²) in [5.74, 6) is 0.201. The molecule has 138 valence electrons. The lowest BCUT2D eigenvalue weighted by Crippen LogP contribution is -2.42. The van der Waals surface area contributed by atoms with Crippen LogP contribution in [-0.4, -0.2) is 36.9 Å². The Morgan fingerprint density at radius 3 is 2.41 bits per heavy atom. The normalized spacial score (nSPS) is 21.0. The molecule has 0 saturated carbocycles. The quantitative estimate of drug-likeness (QED) is 0.768. The summed E-state index contributed by atoms with van der Waals surface area (Å²) >= 11 is 0. The molecule has 2 aromatic carbocycles. The van der Waals surface area contributed by atoms with Crippen LogP contribution >= 0.6 is 0 Å². The molecule has 0 radical (unpaired) electrons. The fraction of sp³-hybridized carbons (Fsp3) is 0.304. The summed E-state index contributed by atoms with van der Waals surface area (Å²) in [6.07, 6.45) is 5.54. The first-order valence-corrected chi connectivity index (χ1v) is 9.46. The van der Waals surface area contributed by atoms with Crippen molar-refractivity contribution in [1.82, 2.24) is 4.90 Å². The average Bonchev–Trinajstić information content (AvgIpc) is 3.31. The van der Waals surface area contributed by atoms with Crippen LogP contribution in [-0.2, 0) is 21.4 Å². The highest BCUT2D eigenvalue weighted by molar-refractivity contribution is 6.08. The number of amides is 2. The van der Waals surface area contributed by atoms with Gasteiger partial charge in [-0.05, 0) is 30.0 Å². The van der Waals surface area contributed by atoms with Crippen molar-refractivity contribution < 1.29 is 9.59 Å². The fourth-order valence-corrected chi connectivity index (χ4v) is 4.32. The zero-order chi connectivity index (χ0) is 18.9. The summed E-state index contributed by atoms with van der Waals surface area (Å²) < 4.78 is 0. The van der Waals surface area contributed by atoms with E-state index in [9.17, 15) is 9.59 Å². The first-order valence-electron chi connectivity index (χ1n) is 9.46. The molecule has 4 rings (SSSR count). The minimum absolute atomic E-state index is 0.0832. The van der Waals surface area contributed by atoms with Gasteiger partial charge in [-0.2, -0.15) is 0 Å². The third-order valence-corrected chi connectivity index (χ3v) is 5.78. The van der Waals surface area contributed by atoms with Crippen LogP contribution in [0.2, 0.25) is 0 Å². The van der Waals surface area contributed by atoms with Gasteiger partial charge in [-0.25, -0.2) is 0 Å². The van der Waals surface area contributed by atoms with Crippen molar-refractivity contribution in [3.63, 3.8) is 0 Å². The van der Waals surface area contributed by atoms with Crippen molar-refractivity contribution >= 4 is 17.5 Å². The van der Waals surface area contributed by atoms with Crippen LogP contribution in [0, 0.1) is 0 Å². The predicted molar refractivity (Wildman–Crippen MR) is 107 cm³/mol. The molecule has 0 aromatic heterocycles. The number of carbonyl (C=O) groups is 2. The largest absolute Gasteiger partial charge is 0.335 e. The minimum atomic E-state index is -0.685. The Balaban J connectivity index is 1.68. The lowest BCUT2D eigenvalue weighted by molar-refractivity contribution is -0.130. The minimum Gasteiger partial charge on any atom is -0.335 e. The van der Waals surface area contributed by atoms with Gasteiger partial charge in [-0.15, -0.1) is 0 Å². The Hall–Kier alpha value is -2.88. The summed E-state index contributed by atoms with van der Waals surface area (Å²) in [7, 11) is 1.83. The van der Waals surface area contributed by atoms with Gasteiger partial charge in [0.15, 0.2) is 0 Å². The van der Waals surface area contributed by atoms with E-state index in [1.54, 1.807) is 4.90 Å². The first kappa shape index (κ1) is 17.5. The molecule has 0 spiro atoms. The summed E-state index contributed by atoms with van der Waals surface area (Å²) in [4.78, 5) is 29.7. The topological polar surface area (TPSA) is 40.6 Å². The van der Waals surface area contributed by atoms with Crippen LogP contribution in [0.25, 0.3) is 0 Å². The van der Waals surface area contributed by atoms with Crippen molar-refractivity contribution in [2.75, 3.05) is 25.0 Å². The summed E-state index contributed by atoms with van der Waals surface area (Å²) in [6, 6.07) is 18.1. The van der Waals surface area contributed by atoms with Crippen LogP contribution in [0.3, 0.4) is 0 Å². The van der Waals surface area contributed by atoms with E-state index in [4.69, 9.17) is 0 Å². The van der Waals surface area contributed by atoms with Gasteiger partial charge in [0.25, 0.3) is 0 Å². The Morgan fingerprint density at radius 2 is 1.67 bits per heavy atom. The molecule has 2 amide bonds. The van der Waals surface area contributed by atoms with Crippen LogP contribution in [0.1, 0.15) is 24.0 Å². The molecule has 4 nitrogen and oxygen atoms in total. The Morgan fingerprint density at radius 1 is 1.00 bits per heavy atom. The summed E-state index contributed by atoms with van der Waals surface area (Å²) in [5.41, 5.74) is 2.42. The van der Waals surface area contributed by atoms with E-state index in [2.05, 4.69) is 12.1 Å². The maximum Gasteiger partial charge on any atom is 0.237 e. The highest BCUT2D eigenvalue weighted by atomic mass is 16.2. The number of anilines is 1. The monoisotopic (exact) mass is 360 g/mol. The first-order chi connectivity index (χ1) is 13.1. The molecule has 0 aliphatic carbocycles. The standard InChI is InChI=1S/C23H24N2O2/c1-24-20-12-6-5-11-19(20)23(22(24)27,17-18-9-3-2-4-10-18)14-13-21(26)25-15-7-8-16-25/h2-12H,13-17H2,1H3. The van der Waals surface area contributed by atoms with Gasteiger partial charge >= 0.3 is 0 Å². The van der Waals surface area contributed by atoms with Crippen LogP contribution < -0.4 is 4.90 Å². The molecule has 0 bridgehead atoms. The molecule has 0 fully saturated rings. The highest BCUT2D eigenvalue weighted by Crippen LogP contribution is 2.46. The van der Waals surface area contributed by atoms with Crippen molar-refractivity contribution in [2.45, 2.75) is 24.7 Å². The number of carbonyl (C=O) groups excluding carboxylic acids is 2. The molecular weight excluding hydrogens is 336 g/mol. The number of likely N-dealkylation sites (N-methyl/N-ethyl adjacent to an activating group) is 1. The zero-order valence-electron chi connectivity index (χ0n) is 15.6. The zero-order valence-corrected chi connectivity index (χ0v) is 15.6. The number of rotatable bonds is 5. The number of nitrogens with zero attached hydrogens (tertiary/aromatic N) is 2. The molecule has 0 saturated heterocycles.